The highest BCUT2D eigenvalue weighted by molar-refractivity contribution is 6.04. The second-order valence-electron chi connectivity index (χ2n) is 4.46. The first-order valence-electron chi connectivity index (χ1n) is 6.22. The van der Waals surface area contributed by atoms with Crippen LogP contribution in [-0.2, 0) is 19.7 Å². The molecule has 0 N–H and O–H groups in total. The standard InChI is InChI=1S/C16H16O3/c1-3-16(11-17,15(18)19-2)14-10-6-8-12-7-4-5-9-13(12)14/h4-11H,3H2,1-2H3. The molecule has 2 rings (SSSR count). The van der Waals surface area contributed by atoms with Crippen LogP contribution in [0.25, 0.3) is 10.8 Å². The summed E-state index contributed by atoms with van der Waals surface area (Å²) in [6, 6.07) is 13.3. The van der Waals surface area contributed by atoms with Crippen molar-refractivity contribution < 1.29 is 14.3 Å². The van der Waals surface area contributed by atoms with Gasteiger partial charge in [-0.3, -0.25) is 4.79 Å². The minimum absolute atomic E-state index is 0.372. The van der Waals surface area contributed by atoms with E-state index in [0.29, 0.717) is 18.3 Å². The molecule has 3 nitrogen and oxygen atoms in total. The van der Waals surface area contributed by atoms with E-state index in [-0.39, 0.29) is 0 Å². The molecule has 0 heterocycles. The number of carbonyl (C=O) groups is 2. The summed E-state index contributed by atoms with van der Waals surface area (Å²) in [7, 11) is 1.31. The predicted octanol–water partition coefficient (Wildman–Crippen LogP) is 2.86. The maximum Gasteiger partial charge on any atom is 0.323 e. The molecule has 0 saturated carbocycles. The topological polar surface area (TPSA) is 43.4 Å². The highest BCUT2D eigenvalue weighted by atomic mass is 16.5. The van der Waals surface area contributed by atoms with E-state index >= 15 is 0 Å². The predicted molar refractivity (Wildman–Crippen MR) is 74.0 cm³/mol. The Labute approximate surface area is 112 Å². The molecule has 0 amide bonds. The lowest BCUT2D eigenvalue weighted by atomic mass is 9.77. The SMILES string of the molecule is CCC(C=O)(C(=O)OC)c1cccc2ccccc12. The molecule has 0 aliphatic heterocycles. The maximum absolute atomic E-state index is 12.1. The molecule has 1 atom stereocenters. The van der Waals surface area contributed by atoms with Crippen LogP contribution in [0.5, 0.6) is 0 Å². The van der Waals surface area contributed by atoms with Gasteiger partial charge in [0.25, 0.3) is 0 Å². The van der Waals surface area contributed by atoms with Crippen molar-refractivity contribution in [2.24, 2.45) is 0 Å². The van der Waals surface area contributed by atoms with Crippen molar-refractivity contribution in [1.29, 1.82) is 0 Å². The van der Waals surface area contributed by atoms with Crippen molar-refractivity contribution in [3.05, 3.63) is 48.0 Å². The fraction of sp³-hybridized carbons (Fsp3) is 0.250. The Balaban J connectivity index is 2.76. The molecular weight excluding hydrogens is 240 g/mol. The molecule has 0 aliphatic carbocycles. The van der Waals surface area contributed by atoms with E-state index in [1.165, 1.54) is 7.11 Å². The van der Waals surface area contributed by atoms with Crippen LogP contribution in [0.15, 0.2) is 42.5 Å². The molecule has 19 heavy (non-hydrogen) atoms. The van der Waals surface area contributed by atoms with Crippen molar-refractivity contribution in [1.82, 2.24) is 0 Å². The van der Waals surface area contributed by atoms with Gasteiger partial charge in [-0.15, -0.1) is 0 Å². The lowest BCUT2D eigenvalue weighted by Gasteiger charge is -2.25. The second-order valence-corrected chi connectivity index (χ2v) is 4.46. The van der Waals surface area contributed by atoms with Crippen LogP contribution >= 0.6 is 0 Å². The molecule has 0 spiro atoms. The van der Waals surface area contributed by atoms with Gasteiger partial charge in [0.1, 0.15) is 11.7 Å². The number of aldehydes is 1. The van der Waals surface area contributed by atoms with Crippen LogP contribution in [0.4, 0.5) is 0 Å². The second kappa shape index (κ2) is 5.22. The van der Waals surface area contributed by atoms with E-state index in [9.17, 15) is 9.59 Å². The molecule has 3 heteroatoms. The number of carbonyl (C=O) groups excluding carboxylic acids is 2. The molecular formula is C16H16O3. The molecule has 0 bridgehead atoms. The molecule has 0 aromatic heterocycles. The summed E-state index contributed by atoms with van der Waals surface area (Å²) >= 11 is 0. The minimum Gasteiger partial charge on any atom is -0.468 e. The van der Waals surface area contributed by atoms with Gasteiger partial charge >= 0.3 is 5.97 Å². The number of hydrogen-bond donors (Lipinski definition) is 0. The van der Waals surface area contributed by atoms with E-state index in [1.807, 2.05) is 49.4 Å². The van der Waals surface area contributed by atoms with Gasteiger partial charge < -0.3 is 9.53 Å². The van der Waals surface area contributed by atoms with Gasteiger partial charge in [0.05, 0.1) is 7.11 Å². The van der Waals surface area contributed by atoms with Gasteiger partial charge in [0.15, 0.2) is 0 Å². The molecule has 0 saturated heterocycles. The Morgan fingerprint density at radius 1 is 1.21 bits per heavy atom. The molecule has 1 unspecified atom stereocenters. The fourth-order valence-electron chi connectivity index (χ4n) is 2.44. The largest absolute Gasteiger partial charge is 0.468 e. The maximum atomic E-state index is 12.1. The van der Waals surface area contributed by atoms with Crippen LogP contribution in [-0.4, -0.2) is 19.4 Å². The number of hydrogen-bond acceptors (Lipinski definition) is 3. The van der Waals surface area contributed by atoms with Crippen LogP contribution in [0.2, 0.25) is 0 Å². The fourth-order valence-corrected chi connectivity index (χ4v) is 2.44. The van der Waals surface area contributed by atoms with Crippen molar-refractivity contribution in [3.63, 3.8) is 0 Å². The van der Waals surface area contributed by atoms with Crippen LogP contribution in [0.3, 0.4) is 0 Å². The van der Waals surface area contributed by atoms with Crippen molar-refractivity contribution in [3.8, 4) is 0 Å². The van der Waals surface area contributed by atoms with Crippen molar-refractivity contribution in [2.45, 2.75) is 18.8 Å². The summed E-state index contributed by atoms with van der Waals surface area (Å²) in [4.78, 5) is 23.7. The number of esters is 1. The zero-order valence-corrected chi connectivity index (χ0v) is 11.1. The summed E-state index contributed by atoms with van der Waals surface area (Å²) in [5, 5.41) is 1.91. The summed E-state index contributed by atoms with van der Waals surface area (Å²) in [5.74, 6) is -0.513. The van der Waals surface area contributed by atoms with Crippen LogP contribution in [0.1, 0.15) is 18.9 Å². The highest BCUT2D eigenvalue weighted by Crippen LogP contribution is 2.33. The lowest BCUT2D eigenvalue weighted by Crippen LogP contribution is -2.38. The van der Waals surface area contributed by atoms with Gasteiger partial charge in [-0.1, -0.05) is 49.4 Å². The van der Waals surface area contributed by atoms with E-state index in [1.54, 1.807) is 0 Å². The van der Waals surface area contributed by atoms with Gasteiger partial charge in [0.2, 0.25) is 0 Å². The lowest BCUT2D eigenvalue weighted by molar-refractivity contribution is -0.149. The molecule has 2 aromatic rings. The Bertz CT molecular complexity index is 613. The van der Waals surface area contributed by atoms with Crippen LogP contribution < -0.4 is 0 Å². The summed E-state index contributed by atoms with van der Waals surface area (Å²) < 4.78 is 4.83. The molecule has 98 valence electrons. The van der Waals surface area contributed by atoms with Gasteiger partial charge in [-0.25, -0.2) is 0 Å². The summed E-state index contributed by atoms with van der Waals surface area (Å²) in [6.07, 6.45) is 1.07. The monoisotopic (exact) mass is 256 g/mol. The third kappa shape index (κ3) is 2.01. The van der Waals surface area contributed by atoms with Crippen molar-refractivity contribution >= 4 is 23.0 Å². The Morgan fingerprint density at radius 3 is 2.53 bits per heavy atom. The van der Waals surface area contributed by atoms with E-state index in [4.69, 9.17) is 4.74 Å². The van der Waals surface area contributed by atoms with Crippen LogP contribution in [0, 0.1) is 0 Å². The van der Waals surface area contributed by atoms with Gasteiger partial charge in [0, 0.05) is 0 Å². The molecule has 2 aromatic carbocycles. The summed E-state index contributed by atoms with van der Waals surface area (Å²) in [5.41, 5.74) is -0.523. The Kier molecular flexibility index (Phi) is 3.65. The Hall–Kier alpha value is -2.16. The van der Waals surface area contributed by atoms with Gasteiger partial charge in [-0.05, 0) is 22.8 Å². The third-order valence-electron chi connectivity index (χ3n) is 3.58. The zero-order chi connectivity index (χ0) is 13.9. The number of rotatable bonds is 4. The zero-order valence-electron chi connectivity index (χ0n) is 11.1. The van der Waals surface area contributed by atoms with E-state index < -0.39 is 11.4 Å². The quantitative estimate of drug-likeness (QED) is 0.480. The number of methoxy groups -OCH3 is 1. The minimum atomic E-state index is -1.23. The number of fused-ring (bicyclic) bond motifs is 1. The third-order valence-corrected chi connectivity index (χ3v) is 3.58. The molecule has 0 radical (unpaired) electrons. The normalized spacial score (nSPS) is 13.8. The molecule has 0 fully saturated rings. The van der Waals surface area contributed by atoms with Crippen molar-refractivity contribution in [2.75, 3.05) is 7.11 Å². The highest BCUT2D eigenvalue weighted by Gasteiger charge is 2.40. The Morgan fingerprint density at radius 2 is 1.89 bits per heavy atom. The number of ether oxygens (including phenoxy) is 1. The molecule has 0 aliphatic rings. The first-order valence-corrected chi connectivity index (χ1v) is 6.22. The van der Waals surface area contributed by atoms with E-state index in [0.717, 1.165) is 10.8 Å². The average molecular weight is 256 g/mol. The number of benzene rings is 2. The smallest absolute Gasteiger partial charge is 0.323 e. The van der Waals surface area contributed by atoms with Gasteiger partial charge in [-0.2, -0.15) is 0 Å². The average Bonchev–Trinajstić information content (AvgIpc) is 2.49. The first kappa shape index (κ1) is 13.3. The summed E-state index contributed by atoms with van der Waals surface area (Å²) in [6.45, 7) is 1.81. The van der Waals surface area contributed by atoms with E-state index in [2.05, 4.69) is 0 Å². The first-order chi connectivity index (χ1) is 9.19.